The fourth-order valence-electron chi connectivity index (χ4n) is 2.35. The molecule has 0 saturated heterocycles. The van der Waals surface area contributed by atoms with Gasteiger partial charge in [0, 0.05) is 19.8 Å². The van der Waals surface area contributed by atoms with Crippen LogP contribution in [0.4, 0.5) is 0 Å². The number of rotatable bonds is 12. The van der Waals surface area contributed by atoms with E-state index in [0.29, 0.717) is 19.6 Å². The molecule has 0 amide bonds. The van der Waals surface area contributed by atoms with Gasteiger partial charge in [0.2, 0.25) is 0 Å². The largest absolute Gasteiger partial charge is 0.519 e. The lowest BCUT2D eigenvalue weighted by molar-refractivity contribution is -0.135. The molecule has 0 spiro atoms. The summed E-state index contributed by atoms with van der Waals surface area (Å²) in [6, 6.07) is 0.980. The van der Waals surface area contributed by atoms with Crippen LogP contribution in [0.3, 0.4) is 0 Å². The second-order valence-corrected chi connectivity index (χ2v) is 16.5. The Hall–Kier alpha value is -0.216. The molecule has 0 aliphatic heterocycles. The zero-order valence-corrected chi connectivity index (χ0v) is 20.0. The fourth-order valence-corrected chi connectivity index (χ4v) is 5.72. The van der Waals surface area contributed by atoms with Crippen LogP contribution < -0.4 is 0 Å². The van der Waals surface area contributed by atoms with E-state index in [-0.39, 0.29) is 11.0 Å². The van der Waals surface area contributed by atoms with Crippen molar-refractivity contribution >= 4 is 22.8 Å². The van der Waals surface area contributed by atoms with Crippen molar-refractivity contribution in [3.63, 3.8) is 0 Å². The summed E-state index contributed by atoms with van der Waals surface area (Å²) in [6.07, 6.45) is 1.48. The van der Waals surface area contributed by atoms with Crippen LogP contribution >= 0.6 is 0 Å². The van der Waals surface area contributed by atoms with E-state index in [9.17, 15) is 4.79 Å². The number of nitrogens with zero attached hydrogens (tertiary/aromatic N) is 1. The van der Waals surface area contributed by atoms with E-state index in [1.54, 1.807) is 0 Å². The van der Waals surface area contributed by atoms with Crippen molar-refractivity contribution in [2.75, 3.05) is 33.4 Å². The fraction of sp³-hybridized carbons (Fsp3) is 0.944. The zero-order valence-electron chi connectivity index (χ0n) is 18.0. The first-order valence-electron chi connectivity index (χ1n) is 9.55. The molecule has 0 atom stereocenters. The molecular weight excluding hydrogens is 350 g/mol. The highest BCUT2D eigenvalue weighted by Crippen LogP contribution is 2.36. The first-order chi connectivity index (χ1) is 11.4. The Labute approximate surface area is 157 Å². The Balaban J connectivity index is 4.19. The molecule has 0 fully saturated rings. The van der Waals surface area contributed by atoms with Crippen molar-refractivity contribution < 1.29 is 18.1 Å². The summed E-state index contributed by atoms with van der Waals surface area (Å²) in [4.78, 5) is 14.4. The molecule has 0 aromatic rings. The average Bonchev–Trinajstić information content (AvgIpc) is 2.44. The van der Waals surface area contributed by atoms with Crippen LogP contribution in [-0.2, 0) is 18.1 Å². The Morgan fingerprint density at radius 3 is 1.96 bits per heavy atom. The van der Waals surface area contributed by atoms with Crippen LogP contribution in [0.2, 0.25) is 30.7 Å². The lowest BCUT2D eigenvalue weighted by atomic mass is 10.2. The molecule has 0 N–H and O–H groups in total. The van der Waals surface area contributed by atoms with Crippen molar-refractivity contribution in [3.05, 3.63) is 0 Å². The highest BCUT2D eigenvalue weighted by atomic mass is 28.4. The standard InChI is InChI=1S/C18H41NO4Si2/c1-10-21-25(9,22-11-2)16-12-14-19(6)15-13-17(20)23-24(7,8)18(3,4)5/h10-16H2,1-9H3. The van der Waals surface area contributed by atoms with Crippen molar-refractivity contribution in [1.82, 2.24) is 4.90 Å². The topological polar surface area (TPSA) is 48.0 Å². The summed E-state index contributed by atoms with van der Waals surface area (Å²) in [5.41, 5.74) is 0. The Bertz CT molecular complexity index is 391. The predicted molar refractivity (Wildman–Crippen MR) is 110 cm³/mol. The molecule has 0 radical (unpaired) electrons. The lowest BCUT2D eigenvalue weighted by Crippen LogP contribution is -2.43. The Kier molecular flexibility index (Phi) is 10.7. The van der Waals surface area contributed by atoms with Crippen molar-refractivity contribution in [2.24, 2.45) is 0 Å². The molecule has 25 heavy (non-hydrogen) atoms. The highest BCUT2D eigenvalue weighted by Gasteiger charge is 2.40. The third kappa shape index (κ3) is 9.89. The van der Waals surface area contributed by atoms with Gasteiger partial charge in [0.05, 0.1) is 6.42 Å². The van der Waals surface area contributed by atoms with Gasteiger partial charge in [-0.15, -0.1) is 0 Å². The van der Waals surface area contributed by atoms with Gasteiger partial charge in [0.15, 0.2) is 0 Å². The second-order valence-electron chi connectivity index (χ2n) is 8.39. The summed E-state index contributed by atoms with van der Waals surface area (Å²) in [7, 11) is -1.98. The molecule has 0 aromatic heterocycles. The van der Waals surface area contributed by atoms with Crippen LogP contribution in [0.25, 0.3) is 0 Å². The Morgan fingerprint density at radius 1 is 1.00 bits per heavy atom. The average molecular weight is 392 g/mol. The molecule has 0 aromatic carbocycles. The molecule has 0 heterocycles. The summed E-state index contributed by atoms with van der Waals surface area (Å²) < 4.78 is 17.5. The molecule has 0 aliphatic rings. The minimum atomic E-state index is -2.03. The first kappa shape index (κ1) is 24.8. The molecule has 0 bridgehead atoms. The number of carbonyl (C=O) groups excluding carboxylic acids is 1. The van der Waals surface area contributed by atoms with Gasteiger partial charge in [-0.1, -0.05) is 20.8 Å². The SMILES string of the molecule is CCO[Si](C)(CCCN(C)CCC(=O)O[Si](C)(C)C(C)(C)C)OCC. The summed E-state index contributed by atoms with van der Waals surface area (Å²) in [5, 5.41) is 0.0577. The first-order valence-corrected chi connectivity index (χ1v) is 15.0. The van der Waals surface area contributed by atoms with E-state index in [0.717, 1.165) is 25.6 Å². The van der Waals surface area contributed by atoms with E-state index >= 15 is 0 Å². The van der Waals surface area contributed by atoms with E-state index < -0.39 is 16.9 Å². The maximum absolute atomic E-state index is 12.2. The van der Waals surface area contributed by atoms with Gasteiger partial charge in [-0.3, -0.25) is 4.79 Å². The molecule has 0 aliphatic carbocycles. The van der Waals surface area contributed by atoms with Crippen LogP contribution in [0.5, 0.6) is 0 Å². The van der Waals surface area contributed by atoms with E-state index in [1.165, 1.54) is 0 Å². The number of hydrogen-bond donors (Lipinski definition) is 0. The normalized spacial score (nSPS) is 13.4. The maximum Gasteiger partial charge on any atom is 0.334 e. The summed E-state index contributed by atoms with van der Waals surface area (Å²) >= 11 is 0. The van der Waals surface area contributed by atoms with Gasteiger partial charge in [-0.05, 0) is 64.6 Å². The van der Waals surface area contributed by atoms with Crippen molar-refractivity contribution in [1.29, 1.82) is 0 Å². The van der Waals surface area contributed by atoms with Crippen molar-refractivity contribution in [3.8, 4) is 0 Å². The van der Waals surface area contributed by atoms with Crippen LogP contribution in [0, 0.1) is 0 Å². The van der Waals surface area contributed by atoms with Crippen LogP contribution in [-0.4, -0.2) is 61.1 Å². The number of hydrogen-bond acceptors (Lipinski definition) is 5. The summed E-state index contributed by atoms with van der Waals surface area (Å²) in [6.45, 7) is 19.9. The minimum absolute atomic E-state index is 0.0577. The highest BCUT2D eigenvalue weighted by molar-refractivity contribution is 6.75. The third-order valence-electron chi connectivity index (χ3n) is 4.94. The lowest BCUT2D eigenvalue weighted by Gasteiger charge is -2.35. The van der Waals surface area contributed by atoms with Crippen LogP contribution in [0.15, 0.2) is 0 Å². The second kappa shape index (κ2) is 10.8. The van der Waals surface area contributed by atoms with Crippen molar-refractivity contribution in [2.45, 2.75) is 78.2 Å². The van der Waals surface area contributed by atoms with Gasteiger partial charge in [-0.2, -0.15) is 0 Å². The van der Waals surface area contributed by atoms with Gasteiger partial charge in [-0.25, -0.2) is 0 Å². The Morgan fingerprint density at radius 2 is 1.52 bits per heavy atom. The minimum Gasteiger partial charge on any atom is -0.519 e. The molecule has 150 valence electrons. The van der Waals surface area contributed by atoms with Gasteiger partial charge >= 0.3 is 8.56 Å². The smallest absolute Gasteiger partial charge is 0.334 e. The maximum atomic E-state index is 12.2. The molecule has 0 unspecified atom stereocenters. The molecule has 0 rings (SSSR count). The van der Waals surface area contributed by atoms with E-state index in [4.69, 9.17) is 13.3 Å². The van der Waals surface area contributed by atoms with Gasteiger partial charge in [0.1, 0.15) is 0 Å². The third-order valence-corrected chi connectivity index (χ3v) is 12.4. The zero-order chi connectivity index (χ0) is 19.7. The molecule has 5 nitrogen and oxygen atoms in total. The molecule has 7 heteroatoms. The van der Waals surface area contributed by atoms with E-state index in [1.807, 2.05) is 13.8 Å². The molecule has 0 saturated carbocycles. The van der Waals surface area contributed by atoms with Crippen LogP contribution in [0.1, 0.15) is 47.5 Å². The van der Waals surface area contributed by atoms with E-state index in [2.05, 4.69) is 52.4 Å². The van der Waals surface area contributed by atoms with Gasteiger partial charge < -0.3 is 18.2 Å². The molecular formula is C18H41NO4Si2. The van der Waals surface area contributed by atoms with Gasteiger partial charge in [0.25, 0.3) is 14.3 Å². The predicted octanol–water partition coefficient (Wildman–Crippen LogP) is 4.39. The quantitative estimate of drug-likeness (QED) is 0.462. The summed E-state index contributed by atoms with van der Waals surface area (Å²) in [5.74, 6) is -0.0683. The number of carbonyl (C=O) groups is 1. The monoisotopic (exact) mass is 391 g/mol.